The molecule has 1 aromatic carbocycles. The highest BCUT2D eigenvalue weighted by atomic mass is 79.9. The van der Waals surface area contributed by atoms with Gasteiger partial charge in [-0.25, -0.2) is 0 Å². The van der Waals surface area contributed by atoms with Crippen LogP contribution in [0.5, 0.6) is 0 Å². The van der Waals surface area contributed by atoms with E-state index >= 15 is 0 Å². The zero-order valence-electron chi connectivity index (χ0n) is 8.79. The van der Waals surface area contributed by atoms with Gasteiger partial charge in [-0.05, 0) is 36.6 Å². The van der Waals surface area contributed by atoms with E-state index in [9.17, 15) is 4.79 Å². The number of carbonyl (C=O) groups excluding carboxylic acids is 1. The highest BCUT2D eigenvalue weighted by Crippen LogP contribution is 2.30. The third-order valence-corrected chi connectivity index (χ3v) is 3.18. The summed E-state index contributed by atoms with van der Waals surface area (Å²) in [6.07, 6.45) is 2.51. The van der Waals surface area contributed by atoms with Crippen LogP contribution in [0.25, 0.3) is 0 Å². The van der Waals surface area contributed by atoms with Crippen molar-refractivity contribution in [1.82, 2.24) is 0 Å². The molecule has 1 aromatic rings. The average molecular weight is 268 g/mol. The first-order valence-corrected chi connectivity index (χ1v) is 6.10. The number of fused-ring (bicyclic) bond motifs is 1. The number of amides is 1. The molecule has 1 aliphatic heterocycles. The number of nitrogens with zero attached hydrogens (tertiary/aromatic N) is 1. The Hall–Kier alpha value is -0.830. The molecular weight excluding hydrogens is 254 g/mol. The van der Waals surface area contributed by atoms with Crippen LogP contribution in [0.2, 0.25) is 0 Å². The molecule has 15 heavy (non-hydrogen) atoms. The lowest BCUT2D eigenvalue weighted by Crippen LogP contribution is -2.35. The highest BCUT2D eigenvalue weighted by Gasteiger charge is 2.22. The fraction of sp³-hybridized carbons (Fsp3) is 0.417. The molecule has 0 N–H and O–H groups in total. The predicted molar refractivity (Wildman–Crippen MR) is 65.1 cm³/mol. The monoisotopic (exact) mass is 267 g/mol. The summed E-state index contributed by atoms with van der Waals surface area (Å²) in [5.74, 6) is 0.256. The van der Waals surface area contributed by atoms with Crippen LogP contribution in [0.15, 0.2) is 22.7 Å². The van der Waals surface area contributed by atoms with Crippen molar-refractivity contribution in [3.63, 3.8) is 0 Å². The summed E-state index contributed by atoms with van der Waals surface area (Å²) in [4.78, 5) is 13.7. The Balaban J connectivity index is 2.39. The molecule has 0 saturated carbocycles. The van der Waals surface area contributed by atoms with E-state index in [0.717, 1.165) is 29.5 Å². The van der Waals surface area contributed by atoms with E-state index in [-0.39, 0.29) is 5.91 Å². The van der Waals surface area contributed by atoms with Crippen LogP contribution >= 0.6 is 15.9 Å². The number of aryl methyl sites for hydroxylation is 1. The van der Waals surface area contributed by atoms with Crippen LogP contribution in [0.4, 0.5) is 5.69 Å². The van der Waals surface area contributed by atoms with Gasteiger partial charge in [0, 0.05) is 23.1 Å². The van der Waals surface area contributed by atoms with Gasteiger partial charge in [-0.1, -0.05) is 22.9 Å². The molecule has 0 aromatic heterocycles. The summed E-state index contributed by atoms with van der Waals surface area (Å²) >= 11 is 3.46. The van der Waals surface area contributed by atoms with Gasteiger partial charge in [0.1, 0.15) is 0 Å². The van der Waals surface area contributed by atoms with Gasteiger partial charge in [0.25, 0.3) is 0 Å². The first-order chi connectivity index (χ1) is 7.22. The topological polar surface area (TPSA) is 20.3 Å². The van der Waals surface area contributed by atoms with Gasteiger partial charge in [-0.15, -0.1) is 0 Å². The van der Waals surface area contributed by atoms with Gasteiger partial charge >= 0.3 is 0 Å². The minimum atomic E-state index is 0.256. The molecule has 0 aliphatic carbocycles. The second kappa shape index (κ2) is 4.35. The zero-order valence-corrected chi connectivity index (χ0v) is 10.4. The number of carbonyl (C=O) groups is 1. The Kier molecular flexibility index (Phi) is 3.10. The van der Waals surface area contributed by atoms with Crippen LogP contribution < -0.4 is 4.90 Å². The molecule has 3 heteroatoms. The molecule has 2 nitrogen and oxygen atoms in total. The van der Waals surface area contributed by atoms with Gasteiger partial charge in [-0.3, -0.25) is 4.79 Å². The van der Waals surface area contributed by atoms with Crippen LogP contribution in [-0.2, 0) is 11.2 Å². The zero-order chi connectivity index (χ0) is 10.8. The maximum absolute atomic E-state index is 11.7. The number of hydrogen-bond donors (Lipinski definition) is 0. The van der Waals surface area contributed by atoms with Gasteiger partial charge in [0.15, 0.2) is 0 Å². The summed E-state index contributed by atoms with van der Waals surface area (Å²) in [5.41, 5.74) is 2.37. The average Bonchev–Trinajstić information content (AvgIpc) is 2.22. The number of rotatable bonds is 2. The molecule has 0 saturated heterocycles. The van der Waals surface area contributed by atoms with Crippen molar-refractivity contribution in [3.05, 3.63) is 28.2 Å². The van der Waals surface area contributed by atoms with Crippen LogP contribution in [-0.4, -0.2) is 12.5 Å². The maximum Gasteiger partial charge on any atom is 0.227 e. The van der Waals surface area contributed by atoms with Gasteiger partial charge in [0.2, 0.25) is 5.91 Å². The van der Waals surface area contributed by atoms with Crippen molar-refractivity contribution in [1.29, 1.82) is 0 Å². The molecule has 80 valence electrons. The minimum Gasteiger partial charge on any atom is -0.312 e. The molecule has 2 rings (SSSR count). The smallest absolute Gasteiger partial charge is 0.227 e. The number of anilines is 1. The van der Waals surface area contributed by atoms with Gasteiger partial charge in [0.05, 0.1) is 0 Å². The first kappa shape index (κ1) is 10.7. The second-order valence-electron chi connectivity index (χ2n) is 3.82. The summed E-state index contributed by atoms with van der Waals surface area (Å²) in [7, 11) is 0. The molecule has 0 bridgehead atoms. The third-order valence-electron chi connectivity index (χ3n) is 2.69. The quantitative estimate of drug-likeness (QED) is 0.806. The Bertz CT molecular complexity index is 389. The summed E-state index contributed by atoms with van der Waals surface area (Å²) in [5, 5.41) is 0. The SMILES string of the molecule is CCCN1C(=O)CCc2cc(Br)ccc21. The largest absolute Gasteiger partial charge is 0.312 e. The molecule has 0 fully saturated rings. The Morgan fingerprint density at radius 3 is 2.93 bits per heavy atom. The van der Waals surface area contributed by atoms with Crippen molar-refractivity contribution < 1.29 is 4.79 Å². The first-order valence-electron chi connectivity index (χ1n) is 5.31. The molecule has 0 atom stereocenters. The summed E-state index contributed by atoms with van der Waals surface area (Å²) in [6.45, 7) is 2.92. The van der Waals surface area contributed by atoms with E-state index < -0.39 is 0 Å². The second-order valence-corrected chi connectivity index (χ2v) is 4.73. The Morgan fingerprint density at radius 2 is 2.20 bits per heavy atom. The maximum atomic E-state index is 11.7. The lowest BCUT2D eigenvalue weighted by Gasteiger charge is -2.29. The number of benzene rings is 1. The Morgan fingerprint density at radius 1 is 1.40 bits per heavy atom. The molecule has 1 aliphatic rings. The predicted octanol–water partition coefficient (Wildman–Crippen LogP) is 3.14. The van der Waals surface area contributed by atoms with Crippen LogP contribution in [0.3, 0.4) is 0 Å². The summed E-state index contributed by atoms with van der Waals surface area (Å²) < 4.78 is 1.09. The third kappa shape index (κ3) is 2.07. The molecule has 1 amide bonds. The highest BCUT2D eigenvalue weighted by molar-refractivity contribution is 9.10. The van der Waals surface area contributed by atoms with E-state index in [2.05, 4.69) is 28.9 Å². The van der Waals surface area contributed by atoms with Crippen molar-refractivity contribution in [2.45, 2.75) is 26.2 Å². The Labute approximate surface area is 98.4 Å². The number of hydrogen-bond acceptors (Lipinski definition) is 1. The van der Waals surface area contributed by atoms with E-state index in [4.69, 9.17) is 0 Å². The fourth-order valence-corrected chi connectivity index (χ4v) is 2.41. The van der Waals surface area contributed by atoms with Crippen molar-refractivity contribution in [2.24, 2.45) is 0 Å². The van der Waals surface area contributed by atoms with E-state index in [1.165, 1.54) is 5.56 Å². The minimum absolute atomic E-state index is 0.256. The van der Waals surface area contributed by atoms with Crippen molar-refractivity contribution in [2.75, 3.05) is 11.4 Å². The van der Waals surface area contributed by atoms with Gasteiger partial charge in [-0.2, -0.15) is 0 Å². The standard InChI is InChI=1S/C12H14BrNO/c1-2-7-14-11-5-4-10(13)8-9(11)3-6-12(14)15/h4-5,8H,2-3,6-7H2,1H3. The molecule has 0 unspecified atom stereocenters. The van der Waals surface area contributed by atoms with Crippen molar-refractivity contribution in [3.8, 4) is 0 Å². The fourth-order valence-electron chi connectivity index (χ4n) is 2.00. The normalized spacial score (nSPS) is 15.3. The van der Waals surface area contributed by atoms with E-state index in [1.807, 2.05) is 17.0 Å². The van der Waals surface area contributed by atoms with Gasteiger partial charge < -0.3 is 4.90 Å². The molecule has 1 heterocycles. The van der Waals surface area contributed by atoms with E-state index in [1.54, 1.807) is 0 Å². The lowest BCUT2D eigenvalue weighted by atomic mass is 10.0. The molecule has 0 radical (unpaired) electrons. The van der Waals surface area contributed by atoms with Crippen LogP contribution in [0, 0.1) is 0 Å². The molecule has 0 spiro atoms. The lowest BCUT2D eigenvalue weighted by molar-refractivity contribution is -0.118. The van der Waals surface area contributed by atoms with E-state index in [0.29, 0.717) is 6.42 Å². The number of halogens is 1. The van der Waals surface area contributed by atoms with Crippen molar-refractivity contribution >= 4 is 27.5 Å². The molecular formula is C12H14BrNO. The van der Waals surface area contributed by atoms with Crippen LogP contribution in [0.1, 0.15) is 25.3 Å². The summed E-state index contributed by atoms with van der Waals surface area (Å²) in [6, 6.07) is 6.15.